The van der Waals surface area contributed by atoms with E-state index in [1.54, 1.807) is 4.90 Å². The fourth-order valence-corrected chi connectivity index (χ4v) is 2.62. The number of hydrogen-bond donors (Lipinski definition) is 1. The minimum atomic E-state index is -4.38. The van der Waals surface area contributed by atoms with Crippen LogP contribution in [0.5, 0.6) is 0 Å². The van der Waals surface area contributed by atoms with Gasteiger partial charge in [0.2, 0.25) is 5.91 Å². The maximum atomic E-state index is 12.6. The quantitative estimate of drug-likeness (QED) is 0.853. The van der Waals surface area contributed by atoms with Gasteiger partial charge in [0.05, 0.1) is 5.56 Å². The lowest BCUT2D eigenvalue weighted by Crippen LogP contribution is -2.47. The van der Waals surface area contributed by atoms with Crippen molar-refractivity contribution in [1.29, 1.82) is 0 Å². The van der Waals surface area contributed by atoms with Gasteiger partial charge in [0.25, 0.3) is 0 Å². The first-order valence-corrected chi connectivity index (χ1v) is 7.19. The van der Waals surface area contributed by atoms with Crippen molar-refractivity contribution in [3.8, 4) is 0 Å². The summed E-state index contributed by atoms with van der Waals surface area (Å²) in [5, 5.41) is 0. The van der Waals surface area contributed by atoms with E-state index in [1.807, 2.05) is 6.92 Å². The first-order valence-electron chi connectivity index (χ1n) is 7.19. The molecule has 2 unspecified atom stereocenters. The highest BCUT2D eigenvalue weighted by molar-refractivity contribution is 5.92. The van der Waals surface area contributed by atoms with E-state index >= 15 is 0 Å². The van der Waals surface area contributed by atoms with Crippen LogP contribution in [0.15, 0.2) is 30.3 Å². The molecule has 0 aliphatic carbocycles. The van der Waals surface area contributed by atoms with Gasteiger partial charge in [-0.05, 0) is 43.5 Å². The van der Waals surface area contributed by atoms with Gasteiger partial charge in [-0.3, -0.25) is 4.79 Å². The summed E-state index contributed by atoms with van der Waals surface area (Å²) in [5.74, 6) is -0.197. The largest absolute Gasteiger partial charge is 0.416 e. The molecule has 1 aromatic rings. The zero-order valence-electron chi connectivity index (χ0n) is 12.3. The molecular formula is C16H19F3N2O. The van der Waals surface area contributed by atoms with Crippen molar-refractivity contribution in [3.63, 3.8) is 0 Å². The molecule has 0 saturated carbocycles. The van der Waals surface area contributed by atoms with Crippen molar-refractivity contribution in [3.05, 3.63) is 41.5 Å². The third kappa shape index (κ3) is 4.10. The highest BCUT2D eigenvalue weighted by Crippen LogP contribution is 2.29. The molecule has 2 N–H and O–H groups in total. The number of nitrogens with zero attached hydrogens (tertiary/aromatic N) is 1. The minimum Gasteiger partial charge on any atom is -0.336 e. The average molecular weight is 312 g/mol. The lowest BCUT2D eigenvalue weighted by Gasteiger charge is -2.35. The van der Waals surface area contributed by atoms with E-state index in [-0.39, 0.29) is 18.0 Å². The summed E-state index contributed by atoms with van der Waals surface area (Å²) in [7, 11) is 0. The average Bonchev–Trinajstić information content (AvgIpc) is 2.44. The predicted molar refractivity (Wildman–Crippen MR) is 78.9 cm³/mol. The van der Waals surface area contributed by atoms with E-state index in [9.17, 15) is 18.0 Å². The monoisotopic (exact) mass is 312 g/mol. The summed E-state index contributed by atoms with van der Waals surface area (Å²) in [6.07, 6.45) is -0.163. The molecule has 120 valence electrons. The maximum absolute atomic E-state index is 12.6. The molecule has 1 heterocycles. The van der Waals surface area contributed by atoms with Crippen molar-refractivity contribution < 1.29 is 18.0 Å². The fraction of sp³-hybridized carbons (Fsp3) is 0.438. The van der Waals surface area contributed by atoms with Crippen LogP contribution in [0.4, 0.5) is 13.2 Å². The third-order valence-electron chi connectivity index (χ3n) is 3.83. The Morgan fingerprint density at radius 1 is 1.41 bits per heavy atom. The normalized spacial score (nSPS) is 23.0. The molecule has 1 amide bonds. The van der Waals surface area contributed by atoms with E-state index in [0.717, 1.165) is 25.0 Å². The van der Waals surface area contributed by atoms with Crippen LogP contribution in [0.25, 0.3) is 6.08 Å². The number of nitrogens with two attached hydrogens (primary N) is 1. The summed E-state index contributed by atoms with van der Waals surface area (Å²) in [4.78, 5) is 13.8. The third-order valence-corrected chi connectivity index (χ3v) is 3.83. The number of rotatable bonds is 2. The van der Waals surface area contributed by atoms with Gasteiger partial charge >= 0.3 is 6.18 Å². The second-order valence-electron chi connectivity index (χ2n) is 5.62. The Morgan fingerprint density at radius 3 is 2.77 bits per heavy atom. The van der Waals surface area contributed by atoms with Gasteiger partial charge in [-0.25, -0.2) is 0 Å². The Balaban J connectivity index is 2.07. The molecule has 1 aliphatic heterocycles. The van der Waals surface area contributed by atoms with Crippen molar-refractivity contribution in [1.82, 2.24) is 4.90 Å². The lowest BCUT2D eigenvalue weighted by atomic mass is 9.99. The van der Waals surface area contributed by atoms with Gasteiger partial charge in [-0.15, -0.1) is 0 Å². The van der Waals surface area contributed by atoms with Crippen LogP contribution < -0.4 is 5.73 Å². The highest BCUT2D eigenvalue weighted by Gasteiger charge is 2.30. The SMILES string of the molecule is CC1CC(N)CCN1C(=O)C=Cc1cccc(C(F)(F)F)c1. The minimum absolute atomic E-state index is 0.0439. The molecular weight excluding hydrogens is 293 g/mol. The lowest BCUT2D eigenvalue weighted by molar-refractivity contribution is -0.137. The van der Waals surface area contributed by atoms with E-state index in [0.29, 0.717) is 12.1 Å². The van der Waals surface area contributed by atoms with E-state index in [4.69, 9.17) is 5.73 Å². The molecule has 2 atom stereocenters. The predicted octanol–water partition coefficient (Wildman–Crippen LogP) is 3.06. The molecule has 2 rings (SSSR count). The molecule has 0 radical (unpaired) electrons. The smallest absolute Gasteiger partial charge is 0.336 e. The highest BCUT2D eigenvalue weighted by atomic mass is 19.4. The molecule has 1 aliphatic rings. The molecule has 0 bridgehead atoms. The van der Waals surface area contributed by atoms with Gasteiger partial charge in [0.15, 0.2) is 0 Å². The van der Waals surface area contributed by atoms with Gasteiger partial charge in [-0.1, -0.05) is 12.1 Å². The first-order chi connectivity index (χ1) is 10.3. The van der Waals surface area contributed by atoms with Crippen LogP contribution in [0, 0.1) is 0 Å². The van der Waals surface area contributed by atoms with Crippen molar-refractivity contribution in [2.24, 2.45) is 5.73 Å². The summed E-state index contributed by atoms with van der Waals surface area (Å²) < 4.78 is 37.9. The van der Waals surface area contributed by atoms with E-state index in [1.165, 1.54) is 24.3 Å². The van der Waals surface area contributed by atoms with E-state index in [2.05, 4.69) is 0 Å². The Bertz CT molecular complexity index is 569. The number of benzene rings is 1. The van der Waals surface area contributed by atoms with Crippen LogP contribution in [-0.4, -0.2) is 29.4 Å². The fourth-order valence-electron chi connectivity index (χ4n) is 2.62. The van der Waals surface area contributed by atoms with Crippen LogP contribution in [0.3, 0.4) is 0 Å². The number of hydrogen-bond acceptors (Lipinski definition) is 2. The zero-order valence-corrected chi connectivity index (χ0v) is 12.3. The molecule has 0 spiro atoms. The maximum Gasteiger partial charge on any atom is 0.416 e. The second-order valence-corrected chi connectivity index (χ2v) is 5.62. The van der Waals surface area contributed by atoms with Gasteiger partial charge in [-0.2, -0.15) is 13.2 Å². The molecule has 1 fully saturated rings. The summed E-state index contributed by atoms with van der Waals surface area (Å²) in [6, 6.07) is 5.05. The van der Waals surface area contributed by atoms with Gasteiger partial charge in [0.1, 0.15) is 0 Å². The molecule has 22 heavy (non-hydrogen) atoms. The van der Waals surface area contributed by atoms with Crippen molar-refractivity contribution in [2.75, 3.05) is 6.54 Å². The molecule has 3 nitrogen and oxygen atoms in total. The number of carbonyl (C=O) groups is 1. The molecule has 1 aromatic carbocycles. The molecule has 1 saturated heterocycles. The number of likely N-dealkylation sites (tertiary alicyclic amines) is 1. The summed E-state index contributed by atoms with van der Waals surface area (Å²) in [5.41, 5.74) is 5.48. The second kappa shape index (κ2) is 6.52. The molecule has 0 aromatic heterocycles. The van der Waals surface area contributed by atoms with E-state index < -0.39 is 11.7 Å². The van der Waals surface area contributed by atoms with Crippen LogP contribution >= 0.6 is 0 Å². The number of alkyl halides is 3. The number of carbonyl (C=O) groups excluding carboxylic acids is 1. The van der Waals surface area contributed by atoms with Crippen LogP contribution in [0.2, 0.25) is 0 Å². The topological polar surface area (TPSA) is 46.3 Å². The number of amides is 1. The number of piperidine rings is 1. The summed E-state index contributed by atoms with van der Waals surface area (Å²) in [6.45, 7) is 2.50. The van der Waals surface area contributed by atoms with Crippen molar-refractivity contribution in [2.45, 2.75) is 38.0 Å². The van der Waals surface area contributed by atoms with Gasteiger partial charge < -0.3 is 10.6 Å². The van der Waals surface area contributed by atoms with Gasteiger partial charge in [0, 0.05) is 24.7 Å². The zero-order chi connectivity index (χ0) is 16.3. The van der Waals surface area contributed by atoms with Crippen molar-refractivity contribution >= 4 is 12.0 Å². The summed E-state index contributed by atoms with van der Waals surface area (Å²) >= 11 is 0. The Hall–Kier alpha value is -1.82. The molecule has 6 heteroatoms. The van der Waals surface area contributed by atoms with Crippen LogP contribution in [0.1, 0.15) is 30.9 Å². The Labute approximate surface area is 127 Å². The Morgan fingerprint density at radius 2 is 2.14 bits per heavy atom. The van der Waals surface area contributed by atoms with Crippen LogP contribution in [-0.2, 0) is 11.0 Å². The standard InChI is InChI=1S/C16H19F3N2O/c1-11-9-14(20)7-8-21(11)15(22)6-5-12-3-2-4-13(10-12)16(17,18)19/h2-6,10-11,14H,7-9,20H2,1H3. The number of halogens is 3. The first kappa shape index (κ1) is 16.5. The Kier molecular flexibility index (Phi) is 4.90.